The highest BCUT2D eigenvalue weighted by Gasteiger charge is 2.39. The van der Waals surface area contributed by atoms with Gasteiger partial charge >= 0.3 is 12.0 Å². The molecule has 0 bridgehead atoms. The number of rotatable bonds is 9. The van der Waals surface area contributed by atoms with Crippen LogP contribution in [0.4, 0.5) is 4.79 Å². The number of hydrazine groups is 1. The van der Waals surface area contributed by atoms with Crippen LogP contribution >= 0.6 is 9.24 Å². The molecule has 212 valence electrons. The van der Waals surface area contributed by atoms with Crippen molar-refractivity contribution in [2.45, 2.75) is 52.7 Å². The molecule has 2 N–H and O–H groups in total. The summed E-state index contributed by atoms with van der Waals surface area (Å²) in [5.41, 5.74) is 2.93. The number of carbonyl (C=O) groups is 4. The fourth-order valence-electron chi connectivity index (χ4n) is 4.07. The molecule has 39 heavy (non-hydrogen) atoms. The number of nitrogens with one attached hydrogen (secondary N) is 1. The van der Waals surface area contributed by atoms with Crippen molar-refractivity contribution in [3.63, 3.8) is 0 Å². The lowest BCUT2D eigenvalue weighted by Gasteiger charge is -2.44. The van der Waals surface area contributed by atoms with Gasteiger partial charge in [0.15, 0.2) is 0 Å². The Morgan fingerprint density at radius 2 is 1.64 bits per heavy atom. The number of nitrogens with zero attached hydrogens (tertiary/aromatic N) is 4. The third-order valence-electron chi connectivity index (χ3n) is 6.25. The average molecular weight is 558 g/mol. The molecule has 2 aromatic carbocycles. The lowest BCUT2D eigenvalue weighted by molar-refractivity contribution is -0.162. The first-order valence-electron chi connectivity index (χ1n) is 13.0. The number of hydrogen-bond donors (Lipinski definition) is 2. The number of carboxylic acids is 1. The minimum absolute atomic E-state index is 0.0568. The number of benzene rings is 2. The van der Waals surface area contributed by atoms with E-state index in [4.69, 9.17) is 0 Å². The Labute approximate surface area is 233 Å². The zero-order valence-electron chi connectivity index (χ0n) is 23.4. The number of hydrogen-bond acceptors (Lipinski definition) is 5. The SMILES string of the molecule is CC.Cc1ccc(CN(C)C(=O)C(CCC(=O)O)N2CN(C(=O)NCc3ccc(P)cc3)N(C)CC2=O)cc1. The lowest BCUT2D eigenvalue weighted by atomic mass is 10.1. The van der Waals surface area contributed by atoms with Gasteiger partial charge in [-0.15, -0.1) is 9.24 Å². The first-order valence-corrected chi connectivity index (χ1v) is 13.6. The van der Waals surface area contributed by atoms with Crippen molar-refractivity contribution in [3.8, 4) is 0 Å². The van der Waals surface area contributed by atoms with E-state index in [1.54, 1.807) is 14.1 Å². The summed E-state index contributed by atoms with van der Waals surface area (Å²) in [5, 5.41) is 16.0. The second-order valence-electron chi connectivity index (χ2n) is 9.25. The monoisotopic (exact) mass is 557 g/mol. The Morgan fingerprint density at radius 1 is 1.05 bits per heavy atom. The highest BCUT2D eigenvalue weighted by Crippen LogP contribution is 2.18. The van der Waals surface area contributed by atoms with Crippen LogP contribution in [0.25, 0.3) is 0 Å². The molecule has 4 amide bonds. The predicted octanol–water partition coefficient (Wildman–Crippen LogP) is 2.57. The molecular weight excluding hydrogens is 517 g/mol. The second-order valence-corrected chi connectivity index (χ2v) is 9.92. The molecule has 10 nitrogen and oxygen atoms in total. The third kappa shape index (κ3) is 9.33. The van der Waals surface area contributed by atoms with Gasteiger partial charge in [0.1, 0.15) is 12.7 Å². The highest BCUT2D eigenvalue weighted by molar-refractivity contribution is 7.27. The van der Waals surface area contributed by atoms with Gasteiger partial charge in [0.2, 0.25) is 11.8 Å². The molecule has 0 spiro atoms. The summed E-state index contributed by atoms with van der Waals surface area (Å²) in [5.74, 6) is -1.79. The van der Waals surface area contributed by atoms with Crippen LogP contribution in [0.15, 0.2) is 48.5 Å². The van der Waals surface area contributed by atoms with E-state index in [0.29, 0.717) is 13.1 Å². The Bertz CT molecular complexity index is 1130. The van der Waals surface area contributed by atoms with Crippen molar-refractivity contribution in [2.24, 2.45) is 0 Å². The van der Waals surface area contributed by atoms with Crippen LogP contribution in [0, 0.1) is 6.92 Å². The first-order chi connectivity index (χ1) is 18.5. The molecule has 0 saturated carbocycles. The molecule has 1 saturated heterocycles. The molecule has 3 rings (SSSR count). The smallest absolute Gasteiger partial charge is 0.333 e. The van der Waals surface area contributed by atoms with Crippen molar-refractivity contribution in [1.29, 1.82) is 0 Å². The van der Waals surface area contributed by atoms with Crippen LogP contribution in [-0.4, -0.2) is 82.1 Å². The summed E-state index contributed by atoms with van der Waals surface area (Å²) in [6.07, 6.45) is -0.342. The predicted molar refractivity (Wildman–Crippen MR) is 154 cm³/mol. The summed E-state index contributed by atoms with van der Waals surface area (Å²) in [7, 11) is 5.85. The molecule has 11 heteroatoms. The van der Waals surface area contributed by atoms with Crippen LogP contribution in [0.1, 0.15) is 43.4 Å². The molecule has 1 fully saturated rings. The molecular formula is C28H40N5O5P. The van der Waals surface area contributed by atoms with Gasteiger partial charge < -0.3 is 20.2 Å². The Balaban J connectivity index is 0.00000260. The van der Waals surface area contributed by atoms with E-state index in [0.717, 1.165) is 22.0 Å². The number of carbonyl (C=O) groups excluding carboxylic acids is 3. The summed E-state index contributed by atoms with van der Waals surface area (Å²) in [6.45, 7) is 6.29. The van der Waals surface area contributed by atoms with Crippen LogP contribution in [-0.2, 0) is 27.5 Å². The Kier molecular flexibility index (Phi) is 12.4. The van der Waals surface area contributed by atoms with Crippen molar-refractivity contribution in [1.82, 2.24) is 25.1 Å². The maximum absolute atomic E-state index is 13.5. The quantitative estimate of drug-likeness (QED) is 0.459. The van der Waals surface area contributed by atoms with Crippen LogP contribution in [0.3, 0.4) is 0 Å². The first kappa shape index (κ1) is 31.7. The number of likely N-dealkylation sites (N-methyl/N-ethyl adjacent to an activating group) is 2. The molecule has 2 aromatic rings. The van der Waals surface area contributed by atoms with E-state index in [-0.39, 0.29) is 37.9 Å². The van der Waals surface area contributed by atoms with Crippen LogP contribution in [0.5, 0.6) is 0 Å². The zero-order chi connectivity index (χ0) is 29.1. The number of aryl methyl sites for hydroxylation is 1. The number of aliphatic carboxylic acids is 1. The zero-order valence-corrected chi connectivity index (χ0v) is 24.5. The number of urea groups is 1. The largest absolute Gasteiger partial charge is 0.481 e. The highest BCUT2D eigenvalue weighted by atomic mass is 31.0. The number of carboxylic acid groups (broad SMARTS) is 1. The van der Waals surface area contributed by atoms with Gasteiger partial charge in [0.05, 0.1) is 6.54 Å². The van der Waals surface area contributed by atoms with E-state index in [1.807, 2.05) is 69.3 Å². The summed E-state index contributed by atoms with van der Waals surface area (Å²) in [4.78, 5) is 53.6. The summed E-state index contributed by atoms with van der Waals surface area (Å²) < 4.78 is 0. The van der Waals surface area contributed by atoms with E-state index in [1.165, 1.54) is 19.8 Å². The Hall–Kier alpha value is -3.49. The Morgan fingerprint density at radius 3 is 2.23 bits per heavy atom. The van der Waals surface area contributed by atoms with Gasteiger partial charge in [-0.3, -0.25) is 14.4 Å². The average Bonchev–Trinajstić information content (AvgIpc) is 2.91. The van der Waals surface area contributed by atoms with Gasteiger partial charge in [-0.2, -0.15) is 0 Å². The fraction of sp³-hybridized carbons (Fsp3) is 0.429. The van der Waals surface area contributed by atoms with Gasteiger partial charge in [-0.05, 0) is 29.8 Å². The molecule has 1 aliphatic heterocycles. The van der Waals surface area contributed by atoms with Gasteiger partial charge in [0.25, 0.3) is 0 Å². The van der Waals surface area contributed by atoms with Crippen LogP contribution in [0.2, 0.25) is 0 Å². The summed E-state index contributed by atoms with van der Waals surface area (Å²) in [6, 6.07) is 14.0. The molecule has 1 heterocycles. The fourth-order valence-corrected chi connectivity index (χ4v) is 4.26. The summed E-state index contributed by atoms with van der Waals surface area (Å²) >= 11 is 0. The molecule has 2 unspecified atom stereocenters. The molecule has 0 aliphatic carbocycles. The van der Waals surface area contributed by atoms with Crippen molar-refractivity contribution < 1.29 is 24.3 Å². The van der Waals surface area contributed by atoms with Crippen molar-refractivity contribution in [3.05, 3.63) is 65.2 Å². The second kappa shape index (κ2) is 15.2. The van der Waals surface area contributed by atoms with Gasteiger partial charge in [-0.1, -0.05) is 67.9 Å². The van der Waals surface area contributed by atoms with Crippen molar-refractivity contribution >= 4 is 38.4 Å². The van der Waals surface area contributed by atoms with Gasteiger partial charge in [0, 0.05) is 33.6 Å². The standard InChI is InChI=1S/C26H34N5O5P.C2H6/c1-18-4-6-20(7-5-18)15-28(2)25(35)22(12-13-24(33)34)30-17-31(29(3)16-23(30)32)26(36)27-14-19-8-10-21(37)11-9-19;1-2/h4-11,22H,12-17,37H2,1-3H3,(H,27,36)(H,33,34);1-2H3. The maximum Gasteiger partial charge on any atom is 0.333 e. The molecule has 0 aromatic heterocycles. The normalized spacial score (nSPS) is 14.3. The minimum atomic E-state index is -1.06. The molecule has 0 radical (unpaired) electrons. The van der Waals surface area contributed by atoms with Crippen molar-refractivity contribution in [2.75, 3.05) is 27.3 Å². The van der Waals surface area contributed by atoms with E-state index in [2.05, 4.69) is 14.6 Å². The lowest BCUT2D eigenvalue weighted by Crippen LogP contribution is -2.65. The van der Waals surface area contributed by atoms with Gasteiger partial charge in [-0.25, -0.2) is 14.8 Å². The topological polar surface area (TPSA) is 114 Å². The third-order valence-corrected chi connectivity index (χ3v) is 6.64. The minimum Gasteiger partial charge on any atom is -0.481 e. The van der Waals surface area contributed by atoms with E-state index >= 15 is 0 Å². The van der Waals surface area contributed by atoms with Crippen LogP contribution < -0.4 is 10.6 Å². The van der Waals surface area contributed by atoms with E-state index < -0.39 is 18.0 Å². The maximum atomic E-state index is 13.5. The number of amides is 4. The molecule has 2 atom stereocenters. The molecule has 1 aliphatic rings. The van der Waals surface area contributed by atoms with E-state index in [9.17, 15) is 24.3 Å².